The summed E-state index contributed by atoms with van der Waals surface area (Å²) in [4.78, 5) is 0. The number of hydrogen-bond donors (Lipinski definition) is 1. The summed E-state index contributed by atoms with van der Waals surface area (Å²) in [6, 6.07) is 6.25. The smallest absolute Gasteiger partial charge is 0.161 e. The number of rotatable bonds is 5. The molecule has 2 N–H and O–H groups in total. The molecule has 2 rings (SSSR count). The molecule has 1 aromatic carbocycles. The number of benzene rings is 1. The van der Waals surface area contributed by atoms with E-state index in [1.807, 2.05) is 19.1 Å². The minimum Gasteiger partial charge on any atom is -0.493 e. The van der Waals surface area contributed by atoms with Gasteiger partial charge in [0.15, 0.2) is 11.5 Å². The highest BCUT2D eigenvalue weighted by molar-refractivity contribution is 5.43. The molecule has 17 heavy (non-hydrogen) atoms. The van der Waals surface area contributed by atoms with Crippen LogP contribution in [0.2, 0.25) is 0 Å². The quantitative estimate of drug-likeness (QED) is 0.853. The summed E-state index contributed by atoms with van der Waals surface area (Å²) in [5.41, 5.74) is 6.99. The first kappa shape index (κ1) is 12.2. The molecule has 0 spiro atoms. The molecule has 1 fully saturated rings. The molecule has 94 valence electrons. The zero-order chi connectivity index (χ0) is 12.3. The van der Waals surface area contributed by atoms with Crippen LogP contribution in [0.15, 0.2) is 18.2 Å². The summed E-state index contributed by atoms with van der Waals surface area (Å²) in [6.45, 7) is 2.01. The van der Waals surface area contributed by atoms with Gasteiger partial charge in [0.25, 0.3) is 0 Å². The van der Waals surface area contributed by atoms with Gasteiger partial charge in [-0.3, -0.25) is 0 Å². The largest absolute Gasteiger partial charge is 0.493 e. The topological polar surface area (TPSA) is 44.5 Å². The van der Waals surface area contributed by atoms with Crippen LogP contribution in [0.3, 0.4) is 0 Å². The highest BCUT2D eigenvalue weighted by Gasteiger charge is 2.20. The Balaban J connectivity index is 2.09. The molecule has 3 nitrogen and oxygen atoms in total. The Morgan fingerprint density at radius 3 is 2.65 bits per heavy atom. The second-order valence-electron chi connectivity index (χ2n) is 4.84. The van der Waals surface area contributed by atoms with E-state index in [1.165, 1.54) is 12.0 Å². The van der Waals surface area contributed by atoms with Gasteiger partial charge in [-0.15, -0.1) is 0 Å². The van der Waals surface area contributed by atoms with Gasteiger partial charge in [0.05, 0.1) is 13.2 Å². The molecule has 0 saturated heterocycles. The molecule has 1 saturated carbocycles. The van der Waals surface area contributed by atoms with Crippen molar-refractivity contribution in [2.75, 3.05) is 7.11 Å². The van der Waals surface area contributed by atoms with E-state index in [4.69, 9.17) is 15.2 Å². The molecular formula is C14H21NO2. The lowest BCUT2D eigenvalue weighted by Gasteiger charge is -2.27. The Morgan fingerprint density at radius 1 is 1.35 bits per heavy atom. The van der Waals surface area contributed by atoms with Crippen molar-refractivity contribution in [2.45, 2.75) is 44.8 Å². The van der Waals surface area contributed by atoms with Crippen molar-refractivity contribution in [2.24, 2.45) is 5.73 Å². The fourth-order valence-electron chi connectivity index (χ4n) is 1.98. The van der Waals surface area contributed by atoms with Crippen LogP contribution in [0.5, 0.6) is 11.5 Å². The normalized spacial score (nSPS) is 17.4. The van der Waals surface area contributed by atoms with E-state index < -0.39 is 0 Å². The summed E-state index contributed by atoms with van der Waals surface area (Å²) in [7, 11) is 1.68. The van der Waals surface area contributed by atoms with E-state index in [1.54, 1.807) is 7.11 Å². The number of methoxy groups -OCH3 is 1. The SMILES string of the molecule is COc1cc(CC(C)N)ccc1OC1CCC1. The van der Waals surface area contributed by atoms with E-state index in [-0.39, 0.29) is 6.04 Å². The predicted octanol–water partition coefficient (Wildman–Crippen LogP) is 2.52. The molecule has 1 unspecified atom stereocenters. The van der Waals surface area contributed by atoms with Gasteiger partial charge in [-0.05, 0) is 50.3 Å². The van der Waals surface area contributed by atoms with Crippen molar-refractivity contribution in [1.29, 1.82) is 0 Å². The van der Waals surface area contributed by atoms with Crippen LogP contribution in [0.1, 0.15) is 31.7 Å². The third-order valence-electron chi connectivity index (χ3n) is 3.13. The summed E-state index contributed by atoms with van der Waals surface area (Å²) in [5.74, 6) is 1.67. The number of hydrogen-bond acceptors (Lipinski definition) is 3. The molecule has 1 aliphatic rings. The van der Waals surface area contributed by atoms with Crippen molar-refractivity contribution in [3.63, 3.8) is 0 Å². The molecule has 0 bridgehead atoms. The lowest BCUT2D eigenvalue weighted by molar-refractivity contribution is 0.116. The molecule has 0 aliphatic heterocycles. The molecule has 0 heterocycles. The minimum absolute atomic E-state index is 0.165. The molecule has 0 amide bonds. The van der Waals surface area contributed by atoms with Crippen LogP contribution in [0.4, 0.5) is 0 Å². The highest BCUT2D eigenvalue weighted by Crippen LogP contribution is 2.33. The van der Waals surface area contributed by atoms with Gasteiger partial charge in [0.2, 0.25) is 0 Å². The fourth-order valence-corrected chi connectivity index (χ4v) is 1.98. The lowest BCUT2D eigenvalue weighted by atomic mass is 9.96. The van der Waals surface area contributed by atoms with Gasteiger partial charge < -0.3 is 15.2 Å². The Hall–Kier alpha value is -1.22. The van der Waals surface area contributed by atoms with Gasteiger partial charge in [0, 0.05) is 6.04 Å². The average Bonchev–Trinajstić information content (AvgIpc) is 2.23. The fraction of sp³-hybridized carbons (Fsp3) is 0.571. The van der Waals surface area contributed by atoms with Crippen molar-refractivity contribution < 1.29 is 9.47 Å². The van der Waals surface area contributed by atoms with Gasteiger partial charge in [-0.1, -0.05) is 6.07 Å². The van der Waals surface area contributed by atoms with Crippen molar-refractivity contribution >= 4 is 0 Å². The van der Waals surface area contributed by atoms with Crippen LogP contribution >= 0.6 is 0 Å². The minimum atomic E-state index is 0.165. The van der Waals surface area contributed by atoms with Crippen molar-refractivity contribution in [3.8, 4) is 11.5 Å². The van der Waals surface area contributed by atoms with Crippen LogP contribution in [0, 0.1) is 0 Å². The third kappa shape index (κ3) is 3.13. The monoisotopic (exact) mass is 235 g/mol. The van der Waals surface area contributed by atoms with E-state index in [9.17, 15) is 0 Å². The lowest BCUT2D eigenvalue weighted by Crippen LogP contribution is -2.24. The number of nitrogens with two attached hydrogens (primary N) is 1. The van der Waals surface area contributed by atoms with Crippen LogP contribution in [-0.4, -0.2) is 19.3 Å². The summed E-state index contributed by atoms with van der Waals surface area (Å²) in [6.07, 6.45) is 4.83. The average molecular weight is 235 g/mol. The molecular weight excluding hydrogens is 214 g/mol. The summed E-state index contributed by atoms with van der Waals surface area (Å²) in [5, 5.41) is 0. The Bertz CT molecular complexity index is 372. The molecule has 1 aliphatic carbocycles. The maximum atomic E-state index is 5.88. The van der Waals surface area contributed by atoms with E-state index >= 15 is 0 Å². The van der Waals surface area contributed by atoms with Gasteiger partial charge in [-0.25, -0.2) is 0 Å². The standard InChI is InChI=1S/C14H21NO2/c1-10(15)8-11-6-7-13(14(9-11)16-2)17-12-4-3-5-12/h6-7,9-10,12H,3-5,8,15H2,1-2H3. The molecule has 1 atom stereocenters. The Kier molecular flexibility index (Phi) is 3.89. The molecule has 3 heteroatoms. The first-order chi connectivity index (χ1) is 8.19. The van der Waals surface area contributed by atoms with Gasteiger partial charge in [0.1, 0.15) is 0 Å². The predicted molar refractivity (Wildman–Crippen MR) is 68.6 cm³/mol. The first-order valence-electron chi connectivity index (χ1n) is 6.28. The highest BCUT2D eigenvalue weighted by atomic mass is 16.5. The maximum absolute atomic E-state index is 5.88. The summed E-state index contributed by atoms with van der Waals surface area (Å²) < 4.78 is 11.2. The van der Waals surface area contributed by atoms with E-state index in [0.29, 0.717) is 6.10 Å². The second-order valence-corrected chi connectivity index (χ2v) is 4.84. The summed E-state index contributed by atoms with van der Waals surface area (Å²) >= 11 is 0. The van der Waals surface area contributed by atoms with E-state index in [0.717, 1.165) is 30.8 Å². The van der Waals surface area contributed by atoms with Crippen LogP contribution in [0.25, 0.3) is 0 Å². The van der Waals surface area contributed by atoms with Crippen LogP contribution in [-0.2, 0) is 6.42 Å². The Labute approximate surface area is 103 Å². The van der Waals surface area contributed by atoms with Gasteiger partial charge >= 0.3 is 0 Å². The maximum Gasteiger partial charge on any atom is 0.161 e. The molecule has 1 aromatic rings. The van der Waals surface area contributed by atoms with Crippen molar-refractivity contribution in [3.05, 3.63) is 23.8 Å². The Morgan fingerprint density at radius 2 is 2.12 bits per heavy atom. The van der Waals surface area contributed by atoms with Gasteiger partial charge in [-0.2, -0.15) is 0 Å². The molecule has 0 radical (unpaired) electrons. The number of ether oxygens (including phenoxy) is 2. The first-order valence-corrected chi connectivity index (χ1v) is 6.28. The zero-order valence-corrected chi connectivity index (χ0v) is 10.6. The van der Waals surface area contributed by atoms with Crippen molar-refractivity contribution in [1.82, 2.24) is 0 Å². The molecule has 0 aromatic heterocycles. The third-order valence-corrected chi connectivity index (χ3v) is 3.13. The van der Waals surface area contributed by atoms with E-state index in [2.05, 4.69) is 6.07 Å². The van der Waals surface area contributed by atoms with Crippen LogP contribution < -0.4 is 15.2 Å². The second kappa shape index (κ2) is 5.41. The zero-order valence-electron chi connectivity index (χ0n) is 10.6.